The highest BCUT2D eigenvalue weighted by Gasteiger charge is 2.22. The monoisotopic (exact) mass is 709 g/mol. The van der Waals surface area contributed by atoms with Crippen molar-refractivity contribution < 1.29 is 0 Å². The first-order chi connectivity index (χ1) is 27.3. The molecule has 0 saturated heterocycles. The zero-order valence-corrected chi connectivity index (χ0v) is 31.3. The van der Waals surface area contributed by atoms with E-state index in [0.717, 1.165) is 43.5 Å². The fourth-order valence-electron chi connectivity index (χ4n) is 8.52. The zero-order chi connectivity index (χ0) is 36.8. The van der Waals surface area contributed by atoms with Crippen LogP contribution in [0.15, 0.2) is 212 Å². The van der Waals surface area contributed by atoms with Crippen LogP contribution in [0, 0.1) is 5.92 Å². The van der Waals surface area contributed by atoms with Gasteiger partial charge in [-0.2, -0.15) is 0 Å². The standard InChI is InChI=1S/C54H47N/c1-5-13-40(14-6-1)42-21-25-44(26-22-42)46-29-33-50(34-30-46)55(51-35-31-47(32-36-51)45-27-23-43(24-28-45)41-15-7-2-8-16-41)52-37-38-53(48-17-9-3-10-18-48)54(39-52)49-19-11-4-12-20-49/h1-9,11-15,17,19,21-27,29-39,41,45,49H,10,16,18,20,28H2. The van der Waals surface area contributed by atoms with E-state index >= 15 is 0 Å². The fourth-order valence-corrected chi connectivity index (χ4v) is 8.52. The van der Waals surface area contributed by atoms with Crippen LogP contribution < -0.4 is 4.90 Å². The van der Waals surface area contributed by atoms with Gasteiger partial charge in [-0.1, -0.05) is 170 Å². The van der Waals surface area contributed by atoms with Crippen LogP contribution in [0.5, 0.6) is 0 Å². The second-order valence-corrected chi connectivity index (χ2v) is 15.1. The van der Waals surface area contributed by atoms with Crippen molar-refractivity contribution in [3.8, 4) is 22.3 Å². The molecule has 0 bridgehead atoms. The van der Waals surface area contributed by atoms with Crippen molar-refractivity contribution >= 4 is 22.6 Å². The Morgan fingerprint density at radius 2 is 1.09 bits per heavy atom. The van der Waals surface area contributed by atoms with Crippen molar-refractivity contribution in [1.82, 2.24) is 0 Å². The average Bonchev–Trinajstić information content (AvgIpc) is 3.28. The molecule has 4 aliphatic rings. The van der Waals surface area contributed by atoms with Crippen LogP contribution >= 0.6 is 0 Å². The number of anilines is 3. The first-order valence-corrected chi connectivity index (χ1v) is 20.0. The molecule has 268 valence electrons. The van der Waals surface area contributed by atoms with Gasteiger partial charge in [-0.25, -0.2) is 0 Å². The van der Waals surface area contributed by atoms with E-state index in [4.69, 9.17) is 0 Å². The molecule has 0 aliphatic heterocycles. The zero-order valence-electron chi connectivity index (χ0n) is 31.3. The van der Waals surface area contributed by atoms with E-state index in [1.807, 2.05) is 0 Å². The maximum absolute atomic E-state index is 2.46. The Kier molecular flexibility index (Phi) is 10.1. The van der Waals surface area contributed by atoms with Gasteiger partial charge in [0, 0.05) is 34.8 Å². The average molecular weight is 710 g/mol. The van der Waals surface area contributed by atoms with E-state index in [1.165, 1.54) is 55.8 Å². The molecule has 4 aliphatic carbocycles. The molecule has 1 nitrogen and oxygen atoms in total. The molecule has 0 fully saturated rings. The highest BCUT2D eigenvalue weighted by Crippen LogP contribution is 2.42. The molecule has 3 atom stereocenters. The summed E-state index contributed by atoms with van der Waals surface area (Å²) in [5, 5.41) is 0. The van der Waals surface area contributed by atoms with Crippen LogP contribution in [0.2, 0.25) is 0 Å². The predicted octanol–water partition coefficient (Wildman–Crippen LogP) is 14.9. The Bertz CT molecular complexity index is 2370. The van der Waals surface area contributed by atoms with Gasteiger partial charge in [-0.15, -0.1) is 0 Å². The van der Waals surface area contributed by atoms with Crippen molar-refractivity contribution in [3.63, 3.8) is 0 Å². The van der Waals surface area contributed by atoms with E-state index < -0.39 is 0 Å². The third kappa shape index (κ3) is 7.62. The molecule has 55 heavy (non-hydrogen) atoms. The summed E-state index contributed by atoms with van der Waals surface area (Å²) in [6.45, 7) is 0. The minimum atomic E-state index is 0.341. The van der Waals surface area contributed by atoms with Crippen LogP contribution in [0.1, 0.15) is 60.6 Å². The first kappa shape index (κ1) is 34.6. The van der Waals surface area contributed by atoms with Crippen LogP contribution in [0.3, 0.4) is 0 Å². The smallest absolute Gasteiger partial charge is 0.0465 e. The SMILES string of the molecule is C1=CCCC(c2ccc(N(c3ccc(-c4ccc(-c5ccccc5)cc4)cc3)c3ccc(C4C=CC(C5C=CC=CC5)=CC4)cc3)cc2C2C=CC=CC2)=C1. The normalized spacial score (nSPS) is 20.0. The van der Waals surface area contributed by atoms with Gasteiger partial charge in [0.1, 0.15) is 0 Å². The lowest BCUT2D eigenvalue weighted by Gasteiger charge is -2.29. The van der Waals surface area contributed by atoms with E-state index in [9.17, 15) is 0 Å². The lowest BCUT2D eigenvalue weighted by molar-refractivity contribution is 0.750. The molecule has 9 rings (SSSR count). The molecule has 0 aromatic heterocycles. The largest absolute Gasteiger partial charge is 0.310 e. The quantitative estimate of drug-likeness (QED) is 0.147. The lowest BCUT2D eigenvalue weighted by Crippen LogP contribution is -2.12. The summed E-state index contributed by atoms with van der Waals surface area (Å²) in [7, 11) is 0. The number of nitrogens with zero attached hydrogens (tertiary/aromatic N) is 1. The Hall–Kier alpha value is -6.18. The molecule has 0 saturated carbocycles. The third-order valence-corrected chi connectivity index (χ3v) is 11.6. The van der Waals surface area contributed by atoms with E-state index in [2.05, 4.69) is 211 Å². The molecule has 0 spiro atoms. The second kappa shape index (κ2) is 16.0. The molecular weight excluding hydrogens is 663 g/mol. The fraction of sp³-hybridized carbons (Fsp3) is 0.148. The van der Waals surface area contributed by atoms with Gasteiger partial charge in [0.2, 0.25) is 0 Å². The van der Waals surface area contributed by atoms with Crippen LogP contribution in [0.4, 0.5) is 17.1 Å². The predicted molar refractivity (Wildman–Crippen MR) is 235 cm³/mol. The number of hydrogen-bond acceptors (Lipinski definition) is 1. The van der Waals surface area contributed by atoms with Crippen molar-refractivity contribution in [3.05, 3.63) is 229 Å². The maximum Gasteiger partial charge on any atom is 0.0465 e. The van der Waals surface area contributed by atoms with E-state index in [0.29, 0.717) is 17.8 Å². The van der Waals surface area contributed by atoms with Gasteiger partial charge < -0.3 is 4.90 Å². The summed E-state index contributed by atoms with van der Waals surface area (Å²) in [5.41, 5.74) is 15.4. The molecule has 0 radical (unpaired) electrons. The summed E-state index contributed by atoms with van der Waals surface area (Å²) in [5.74, 6) is 1.23. The van der Waals surface area contributed by atoms with Crippen LogP contribution in [-0.2, 0) is 0 Å². The second-order valence-electron chi connectivity index (χ2n) is 15.1. The summed E-state index contributed by atoms with van der Waals surface area (Å²) in [6, 6.07) is 45.1. The molecule has 3 unspecified atom stereocenters. The Morgan fingerprint density at radius 1 is 0.473 bits per heavy atom. The van der Waals surface area contributed by atoms with Crippen molar-refractivity contribution in [2.75, 3.05) is 4.90 Å². The summed E-state index contributed by atoms with van der Waals surface area (Å²) >= 11 is 0. The molecular formula is C54H47N. The molecule has 5 aromatic carbocycles. The Morgan fingerprint density at radius 3 is 1.69 bits per heavy atom. The highest BCUT2D eigenvalue weighted by atomic mass is 15.1. The summed E-state index contributed by atoms with van der Waals surface area (Å²) in [4.78, 5) is 2.44. The Balaban J connectivity index is 1.05. The number of hydrogen-bond donors (Lipinski definition) is 0. The highest BCUT2D eigenvalue weighted by molar-refractivity contribution is 5.82. The van der Waals surface area contributed by atoms with Crippen LogP contribution in [0.25, 0.3) is 27.8 Å². The lowest BCUT2D eigenvalue weighted by atomic mass is 9.84. The maximum atomic E-state index is 2.46. The molecule has 1 heteroatoms. The molecule has 0 heterocycles. The molecule has 0 N–H and O–H groups in total. The van der Waals surface area contributed by atoms with E-state index in [-0.39, 0.29) is 0 Å². The van der Waals surface area contributed by atoms with Gasteiger partial charge in [0.25, 0.3) is 0 Å². The Labute approximate surface area is 327 Å². The van der Waals surface area contributed by atoms with Gasteiger partial charge in [-0.3, -0.25) is 0 Å². The van der Waals surface area contributed by atoms with Crippen molar-refractivity contribution in [2.24, 2.45) is 5.92 Å². The number of benzene rings is 5. The van der Waals surface area contributed by atoms with Gasteiger partial charge in [-0.05, 0) is 119 Å². The minimum Gasteiger partial charge on any atom is -0.310 e. The van der Waals surface area contributed by atoms with Crippen LogP contribution in [-0.4, -0.2) is 0 Å². The summed E-state index contributed by atoms with van der Waals surface area (Å²) in [6.07, 6.45) is 37.3. The number of allylic oxidation sites excluding steroid dienone is 16. The third-order valence-electron chi connectivity index (χ3n) is 11.6. The van der Waals surface area contributed by atoms with Gasteiger partial charge in [0.15, 0.2) is 0 Å². The topological polar surface area (TPSA) is 3.24 Å². The summed E-state index contributed by atoms with van der Waals surface area (Å²) < 4.78 is 0. The van der Waals surface area contributed by atoms with Crippen molar-refractivity contribution in [2.45, 2.75) is 43.9 Å². The van der Waals surface area contributed by atoms with Gasteiger partial charge >= 0.3 is 0 Å². The van der Waals surface area contributed by atoms with Crippen molar-refractivity contribution in [1.29, 1.82) is 0 Å². The van der Waals surface area contributed by atoms with E-state index in [1.54, 1.807) is 0 Å². The minimum absolute atomic E-state index is 0.341. The number of rotatable bonds is 9. The molecule has 0 amide bonds. The van der Waals surface area contributed by atoms with Gasteiger partial charge in [0.05, 0.1) is 0 Å². The molecule has 5 aromatic rings. The first-order valence-electron chi connectivity index (χ1n) is 20.0.